The molecule has 10 heteroatoms. The zero-order chi connectivity index (χ0) is 14.2. The van der Waals surface area contributed by atoms with E-state index >= 15 is 0 Å². The lowest BCUT2D eigenvalue weighted by molar-refractivity contribution is -0.441. The number of ether oxygens (including phenoxy) is 2. The van der Waals surface area contributed by atoms with Crippen molar-refractivity contribution in [3.63, 3.8) is 0 Å². The van der Waals surface area contributed by atoms with E-state index in [1.54, 1.807) is 0 Å². The Labute approximate surface area is 104 Å². The second kappa shape index (κ2) is 8.54. The summed E-state index contributed by atoms with van der Waals surface area (Å²) in [6.45, 7) is -0.795. The van der Waals surface area contributed by atoms with Crippen LogP contribution in [0.15, 0.2) is 0 Å². The number of methoxy groups -OCH3 is 2. The molecule has 0 amide bonds. The molecule has 18 heavy (non-hydrogen) atoms. The molecule has 0 bridgehead atoms. The van der Waals surface area contributed by atoms with E-state index in [-0.39, 0.29) is 13.2 Å². The lowest BCUT2D eigenvalue weighted by atomic mass is 10.3. The highest BCUT2D eigenvalue weighted by atomic mass is 31.2. The van der Waals surface area contributed by atoms with Crippen molar-refractivity contribution in [3.05, 3.63) is 0 Å². The number of carboxylic acid groups (broad SMARTS) is 1. The third-order valence-electron chi connectivity index (χ3n) is 1.87. The number of hydrogen-bond acceptors (Lipinski definition) is 8. The Bertz CT molecular complexity index is 299. The summed E-state index contributed by atoms with van der Waals surface area (Å²) in [5.74, 6) is -1.51. The summed E-state index contributed by atoms with van der Waals surface area (Å²) in [6, 6.07) is -1.30. The molecule has 0 aromatic heterocycles. The van der Waals surface area contributed by atoms with Crippen molar-refractivity contribution in [2.45, 2.75) is 12.1 Å². The van der Waals surface area contributed by atoms with Gasteiger partial charge in [-0.25, -0.2) is 0 Å². The molecule has 0 radical (unpaired) electrons. The maximum atomic E-state index is 11.2. The lowest BCUT2D eigenvalue weighted by Gasteiger charge is -2.25. The Balaban J connectivity index is 4.06. The van der Waals surface area contributed by atoms with Gasteiger partial charge in [0.2, 0.25) is 0 Å². The predicted molar refractivity (Wildman–Crippen MR) is 53.9 cm³/mol. The van der Waals surface area contributed by atoms with Crippen LogP contribution in [0.2, 0.25) is 0 Å². The first-order valence-electron chi connectivity index (χ1n) is 4.98. The summed E-state index contributed by atoms with van der Waals surface area (Å²) >= 11 is 0. The van der Waals surface area contributed by atoms with Crippen LogP contribution < -0.4 is 15.7 Å². The molecule has 0 aromatic rings. The smallest absolute Gasteiger partial charge is 0.268 e. The van der Waals surface area contributed by atoms with E-state index in [1.165, 1.54) is 14.2 Å². The Morgan fingerprint density at radius 1 is 1.28 bits per heavy atom. The van der Waals surface area contributed by atoms with Gasteiger partial charge in [-0.1, -0.05) is 0 Å². The number of phosphoric acid groups is 1. The maximum absolute atomic E-state index is 11.2. The number of carboxylic acids is 1. The highest BCUT2D eigenvalue weighted by Crippen LogP contribution is 2.38. The molecule has 0 saturated heterocycles. The van der Waals surface area contributed by atoms with E-state index in [1.807, 2.05) is 0 Å². The molecule has 0 aliphatic rings. The number of hydrogen-bond donors (Lipinski definition) is 1. The number of aliphatic carboxylic acids is 1. The number of quaternary nitrogens is 1. The SMILES string of the molecule is COCC(COP(=O)([O-])OCC([NH3+])C(=O)[O-])OC. The molecule has 0 fully saturated rings. The first kappa shape index (κ1) is 17.5. The molecule has 3 N–H and O–H groups in total. The van der Waals surface area contributed by atoms with Crippen LogP contribution in [0.25, 0.3) is 0 Å². The third-order valence-corrected chi connectivity index (χ3v) is 2.80. The molecule has 3 atom stereocenters. The summed E-state index contributed by atoms with van der Waals surface area (Å²) in [5.41, 5.74) is 3.13. The van der Waals surface area contributed by atoms with Gasteiger partial charge in [0.15, 0.2) is 0 Å². The highest BCUT2D eigenvalue weighted by molar-refractivity contribution is 7.45. The normalized spacial score (nSPS) is 18.0. The molecule has 3 unspecified atom stereocenters. The minimum atomic E-state index is -4.59. The van der Waals surface area contributed by atoms with Crippen LogP contribution in [-0.4, -0.2) is 52.2 Å². The molecule has 0 spiro atoms. The third kappa shape index (κ3) is 7.72. The van der Waals surface area contributed by atoms with Gasteiger partial charge in [0.05, 0.1) is 13.2 Å². The van der Waals surface area contributed by atoms with E-state index in [9.17, 15) is 19.4 Å². The van der Waals surface area contributed by atoms with Crippen molar-refractivity contribution in [1.82, 2.24) is 0 Å². The quantitative estimate of drug-likeness (QED) is 0.407. The first-order valence-corrected chi connectivity index (χ1v) is 6.44. The fourth-order valence-corrected chi connectivity index (χ4v) is 1.62. The molecule has 0 heterocycles. The first-order chi connectivity index (χ1) is 8.32. The molecule has 0 rings (SSSR count). The second-order valence-corrected chi connectivity index (χ2v) is 4.78. The van der Waals surface area contributed by atoms with Crippen LogP contribution in [0.4, 0.5) is 0 Å². The largest absolute Gasteiger partial charge is 0.756 e. The standard InChI is InChI=1S/C8H18NO8P/c1-14-3-6(15-2)4-16-18(12,13)17-5-7(9)8(10)11/h6-7H,3-5,9H2,1-2H3,(H,10,11)(H,12,13)/p-1. The van der Waals surface area contributed by atoms with E-state index in [2.05, 4.69) is 14.8 Å². The van der Waals surface area contributed by atoms with Crippen molar-refractivity contribution < 1.29 is 43.6 Å². The molecule has 9 nitrogen and oxygen atoms in total. The van der Waals surface area contributed by atoms with Gasteiger partial charge >= 0.3 is 0 Å². The predicted octanol–water partition coefficient (Wildman–Crippen LogP) is -3.49. The zero-order valence-electron chi connectivity index (χ0n) is 10.2. The molecule has 0 aliphatic heterocycles. The zero-order valence-corrected chi connectivity index (χ0v) is 11.1. The van der Waals surface area contributed by atoms with Gasteiger partial charge in [-0.3, -0.25) is 4.57 Å². The lowest BCUT2D eigenvalue weighted by Crippen LogP contribution is -2.70. The Hall–Kier alpha value is -0.540. The van der Waals surface area contributed by atoms with Gasteiger partial charge in [0, 0.05) is 14.2 Å². The van der Waals surface area contributed by atoms with Gasteiger partial charge in [-0.15, -0.1) is 0 Å². The van der Waals surface area contributed by atoms with Gasteiger partial charge < -0.3 is 39.0 Å². The molecule has 108 valence electrons. The molecule has 0 saturated carbocycles. The van der Waals surface area contributed by atoms with Crippen LogP contribution >= 0.6 is 7.82 Å². The van der Waals surface area contributed by atoms with Gasteiger partial charge in [-0.05, 0) is 0 Å². The fourth-order valence-electron chi connectivity index (χ4n) is 0.831. The summed E-state index contributed by atoms with van der Waals surface area (Å²) in [4.78, 5) is 21.5. The summed E-state index contributed by atoms with van der Waals surface area (Å²) in [5, 5.41) is 10.3. The second-order valence-electron chi connectivity index (χ2n) is 3.37. The molecular formula is C8H17NO8P-. The van der Waals surface area contributed by atoms with Crippen molar-refractivity contribution in [2.75, 3.05) is 34.0 Å². The van der Waals surface area contributed by atoms with Crippen molar-refractivity contribution in [1.29, 1.82) is 0 Å². The highest BCUT2D eigenvalue weighted by Gasteiger charge is 2.17. The topological polar surface area (TPSA) is 145 Å². The average Bonchev–Trinajstić information content (AvgIpc) is 2.31. The van der Waals surface area contributed by atoms with Gasteiger partial charge in [0.25, 0.3) is 7.82 Å². The summed E-state index contributed by atoms with van der Waals surface area (Å²) in [6.07, 6.45) is -0.572. The van der Waals surface area contributed by atoms with Crippen LogP contribution in [0, 0.1) is 0 Å². The fraction of sp³-hybridized carbons (Fsp3) is 0.875. The molecular weight excluding hydrogens is 269 g/mol. The number of carbonyl (C=O) groups excluding carboxylic acids is 1. The van der Waals surface area contributed by atoms with Crippen molar-refractivity contribution in [2.24, 2.45) is 0 Å². The van der Waals surface area contributed by atoms with E-state index in [4.69, 9.17) is 9.47 Å². The molecule has 0 aliphatic carbocycles. The maximum Gasteiger partial charge on any atom is 0.268 e. The van der Waals surface area contributed by atoms with Gasteiger partial charge in [-0.2, -0.15) is 0 Å². The Morgan fingerprint density at radius 3 is 2.28 bits per heavy atom. The van der Waals surface area contributed by atoms with Crippen LogP contribution in [0.1, 0.15) is 0 Å². The number of carbonyl (C=O) groups is 1. The number of rotatable bonds is 10. The van der Waals surface area contributed by atoms with E-state index in [0.29, 0.717) is 0 Å². The van der Waals surface area contributed by atoms with Crippen LogP contribution in [-0.2, 0) is 27.9 Å². The van der Waals surface area contributed by atoms with Crippen LogP contribution in [0.3, 0.4) is 0 Å². The van der Waals surface area contributed by atoms with Gasteiger partial charge in [0.1, 0.15) is 24.7 Å². The van der Waals surface area contributed by atoms with E-state index in [0.717, 1.165) is 0 Å². The number of phosphoric ester groups is 1. The molecule has 0 aromatic carbocycles. The van der Waals surface area contributed by atoms with E-state index < -0.39 is 32.5 Å². The summed E-state index contributed by atoms with van der Waals surface area (Å²) in [7, 11) is -1.80. The average molecular weight is 286 g/mol. The Morgan fingerprint density at radius 2 is 1.83 bits per heavy atom. The Kier molecular flexibility index (Phi) is 8.29. The van der Waals surface area contributed by atoms with Crippen molar-refractivity contribution in [3.8, 4) is 0 Å². The minimum absolute atomic E-state index is 0.146. The minimum Gasteiger partial charge on any atom is -0.756 e. The van der Waals surface area contributed by atoms with Crippen molar-refractivity contribution >= 4 is 13.8 Å². The monoisotopic (exact) mass is 286 g/mol. The van der Waals surface area contributed by atoms with Crippen LogP contribution in [0.5, 0.6) is 0 Å². The summed E-state index contributed by atoms with van der Waals surface area (Å²) < 4.78 is 29.7.